The van der Waals surface area contributed by atoms with E-state index in [0.29, 0.717) is 33.1 Å². The Morgan fingerprint density at radius 1 is 1.00 bits per heavy atom. The number of aromatic nitrogens is 1. The Labute approximate surface area is 264 Å². The number of hydrogen-bond acceptors (Lipinski definition) is 5. The standard InChI is InChI=1S/C30H36Cl2N4O3.2ClH/c1-20-13-14-21-9-8-12-26(30(21)34-20)39-19-23-24(31)15-16-25(29(23)32)36(3)28(38)17-33-27(37)18-35(2)22-10-6-4-5-7-11-22;;/h8-9,12-16,22H,4-7,10-11,17-19H2,1-3H3,(H,33,37);2*1H. The van der Waals surface area contributed by atoms with Crippen molar-refractivity contribution in [2.24, 2.45) is 0 Å². The molecule has 41 heavy (non-hydrogen) atoms. The first-order chi connectivity index (χ1) is 18.7. The normalized spacial score (nSPS) is 13.6. The number of para-hydroxylation sites is 1. The quantitative estimate of drug-likeness (QED) is 0.254. The van der Waals surface area contributed by atoms with Crippen molar-refractivity contribution in [3.05, 3.63) is 63.8 Å². The summed E-state index contributed by atoms with van der Waals surface area (Å²) >= 11 is 13.2. The van der Waals surface area contributed by atoms with Gasteiger partial charge in [-0.2, -0.15) is 0 Å². The van der Waals surface area contributed by atoms with Gasteiger partial charge in [-0.05, 0) is 51.1 Å². The second-order valence-corrected chi connectivity index (χ2v) is 11.0. The average molecular weight is 644 g/mol. The highest BCUT2D eigenvalue weighted by Crippen LogP contribution is 2.35. The van der Waals surface area contributed by atoms with E-state index < -0.39 is 0 Å². The summed E-state index contributed by atoms with van der Waals surface area (Å²) < 4.78 is 6.09. The molecule has 1 aromatic heterocycles. The summed E-state index contributed by atoms with van der Waals surface area (Å²) in [5.74, 6) is 0.165. The molecule has 1 saturated carbocycles. The van der Waals surface area contributed by atoms with Crippen molar-refractivity contribution in [2.75, 3.05) is 32.1 Å². The minimum atomic E-state index is -0.287. The molecule has 11 heteroatoms. The highest BCUT2D eigenvalue weighted by molar-refractivity contribution is 6.38. The van der Waals surface area contributed by atoms with E-state index in [2.05, 4.69) is 15.2 Å². The second-order valence-electron chi connectivity index (χ2n) is 10.2. The fourth-order valence-corrected chi connectivity index (χ4v) is 5.60. The van der Waals surface area contributed by atoms with E-state index in [9.17, 15) is 9.59 Å². The molecule has 3 aromatic rings. The first kappa shape index (κ1) is 34.9. The molecule has 0 aliphatic heterocycles. The molecule has 7 nitrogen and oxygen atoms in total. The van der Waals surface area contributed by atoms with Crippen molar-refractivity contribution >= 4 is 76.4 Å². The second kappa shape index (κ2) is 16.4. The molecule has 1 fully saturated rings. The number of benzene rings is 2. The number of carbonyl (C=O) groups is 2. The van der Waals surface area contributed by atoms with Crippen LogP contribution in [0, 0.1) is 6.92 Å². The largest absolute Gasteiger partial charge is 0.487 e. The van der Waals surface area contributed by atoms with Crippen LogP contribution >= 0.6 is 48.0 Å². The summed E-state index contributed by atoms with van der Waals surface area (Å²) in [6, 6.07) is 13.5. The van der Waals surface area contributed by atoms with E-state index in [1.165, 1.54) is 30.6 Å². The van der Waals surface area contributed by atoms with Gasteiger partial charge >= 0.3 is 0 Å². The van der Waals surface area contributed by atoms with Crippen molar-refractivity contribution in [3.63, 3.8) is 0 Å². The Balaban J connectivity index is 0.00000294. The van der Waals surface area contributed by atoms with Gasteiger partial charge in [0, 0.05) is 34.8 Å². The molecule has 1 aliphatic carbocycles. The zero-order valence-electron chi connectivity index (χ0n) is 23.6. The van der Waals surface area contributed by atoms with Gasteiger partial charge < -0.3 is 15.0 Å². The number of amides is 2. The number of fused-ring (bicyclic) bond motifs is 1. The van der Waals surface area contributed by atoms with Gasteiger partial charge in [0.2, 0.25) is 11.8 Å². The summed E-state index contributed by atoms with van der Waals surface area (Å²) in [6.45, 7) is 2.18. The number of rotatable bonds is 9. The van der Waals surface area contributed by atoms with E-state index in [1.54, 1.807) is 19.2 Å². The average Bonchev–Trinajstić information content (AvgIpc) is 3.21. The Bertz CT molecular complexity index is 1330. The lowest BCUT2D eigenvalue weighted by Crippen LogP contribution is -2.44. The van der Waals surface area contributed by atoms with Gasteiger partial charge in [0.05, 0.1) is 23.8 Å². The molecule has 4 rings (SSSR count). The highest BCUT2D eigenvalue weighted by Gasteiger charge is 2.22. The molecule has 1 N–H and O–H groups in total. The number of aryl methyl sites for hydroxylation is 1. The molecule has 2 amide bonds. The van der Waals surface area contributed by atoms with Gasteiger partial charge in [0.25, 0.3) is 0 Å². The molecule has 1 aliphatic rings. The number of anilines is 1. The first-order valence-electron chi connectivity index (χ1n) is 13.4. The number of hydrogen-bond donors (Lipinski definition) is 1. The Kier molecular flexibility index (Phi) is 13.9. The van der Waals surface area contributed by atoms with E-state index >= 15 is 0 Å². The van der Waals surface area contributed by atoms with Gasteiger partial charge in [-0.25, -0.2) is 4.98 Å². The van der Waals surface area contributed by atoms with E-state index in [0.717, 1.165) is 29.4 Å². The smallest absolute Gasteiger partial charge is 0.246 e. The van der Waals surface area contributed by atoms with Gasteiger partial charge in [-0.3, -0.25) is 14.5 Å². The minimum absolute atomic E-state index is 0. The van der Waals surface area contributed by atoms with E-state index in [-0.39, 0.29) is 56.3 Å². The molecule has 1 heterocycles. The molecule has 0 atom stereocenters. The summed E-state index contributed by atoms with van der Waals surface area (Å²) in [6.07, 6.45) is 7.16. The molecule has 224 valence electrons. The number of likely N-dealkylation sites (N-methyl/N-ethyl adjacent to an activating group) is 2. The molecule has 0 bridgehead atoms. The van der Waals surface area contributed by atoms with Crippen molar-refractivity contribution in [3.8, 4) is 5.75 Å². The number of carbonyl (C=O) groups excluding carboxylic acids is 2. The number of nitrogens with one attached hydrogen (secondary N) is 1. The van der Waals surface area contributed by atoms with E-state index in [4.69, 9.17) is 27.9 Å². The Morgan fingerprint density at radius 3 is 2.41 bits per heavy atom. The van der Waals surface area contributed by atoms with Crippen LogP contribution in [0.5, 0.6) is 5.75 Å². The lowest BCUT2D eigenvalue weighted by atomic mass is 10.1. The minimum Gasteiger partial charge on any atom is -0.487 e. The summed E-state index contributed by atoms with van der Waals surface area (Å²) in [5.41, 5.74) is 2.70. The van der Waals surface area contributed by atoms with Crippen molar-refractivity contribution in [2.45, 2.75) is 58.1 Å². The molecular formula is C30H38Cl4N4O3. The highest BCUT2D eigenvalue weighted by atomic mass is 35.5. The van der Waals surface area contributed by atoms with Crippen molar-refractivity contribution in [1.29, 1.82) is 0 Å². The van der Waals surface area contributed by atoms with E-state index in [1.807, 2.05) is 44.3 Å². The maximum Gasteiger partial charge on any atom is 0.246 e. The van der Waals surface area contributed by atoms with Gasteiger partial charge in [0.1, 0.15) is 17.9 Å². The summed E-state index contributed by atoms with van der Waals surface area (Å²) in [7, 11) is 3.61. The maximum absolute atomic E-state index is 13.0. The van der Waals surface area contributed by atoms with Crippen LogP contribution in [0.15, 0.2) is 42.5 Å². The lowest BCUT2D eigenvalue weighted by molar-refractivity contribution is -0.125. The monoisotopic (exact) mass is 642 g/mol. The predicted octanol–water partition coefficient (Wildman–Crippen LogP) is 7.01. The zero-order valence-corrected chi connectivity index (χ0v) is 26.8. The summed E-state index contributed by atoms with van der Waals surface area (Å²) in [4.78, 5) is 33.6. The molecular weight excluding hydrogens is 606 g/mol. The predicted molar refractivity (Wildman–Crippen MR) is 172 cm³/mol. The Hall–Kier alpha value is -2.29. The number of pyridine rings is 1. The van der Waals surface area contributed by atoms with Crippen LogP contribution in [-0.2, 0) is 16.2 Å². The van der Waals surface area contributed by atoms with Gasteiger partial charge in [0.15, 0.2) is 0 Å². The zero-order chi connectivity index (χ0) is 27.9. The third-order valence-corrected chi connectivity index (χ3v) is 8.15. The topological polar surface area (TPSA) is 74.8 Å². The van der Waals surface area contributed by atoms with Crippen molar-refractivity contribution in [1.82, 2.24) is 15.2 Å². The fourth-order valence-electron chi connectivity index (χ4n) is 5.00. The van der Waals surface area contributed by atoms with Crippen LogP contribution < -0.4 is 15.0 Å². The first-order valence-corrected chi connectivity index (χ1v) is 14.2. The Morgan fingerprint density at radius 2 is 1.71 bits per heavy atom. The number of halogens is 4. The third-order valence-electron chi connectivity index (χ3n) is 7.37. The van der Waals surface area contributed by atoms with Crippen LogP contribution in [-0.4, -0.2) is 54.9 Å². The maximum atomic E-state index is 13.0. The van der Waals surface area contributed by atoms with Gasteiger partial charge in [-0.1, -0.05) is 67.1 Å². The van der Waals surface area contributed by atoms with Crippen LogP contribution in [0.2, 0.25) is 10.0 Å². The van der Waals surface area contributed by atoms with Crippen LogP contribution in [0.3, 0.4) is 0 Å². The molecule has 0 radical (unpaired) electrons. The molecule has 2 aromatic carbocycles. The number of nitrogens with zero attached hydrogens (tertiary/aromatic N) is 3. The summed E-state index contributed by atoms with van der Waals surface area (Å²) in [5, 5.41) is 4.48. The van der Waals surface area contributed by atoms with Crippen LogP contribution in [0.1, 0.15) is 49.8 Å². The number of ether oxygens (including phenoxy) is 1. The van der Waals surface area contributed by atoms with Crippen LogP contribution in [0.25, 0.3) is 10.9 Å². The molecule has 0 spiro atoms. The SMILES string of the molecule is Cc1ccc2cccc(OCc3c(Cl)ccc(N(C)C(=O)CNC(=O)CN(C)C4CCCCCC4)c3Cl)c2n1.Cl.Cl. The van der Waals surface area contributed by atoms with Crippen molar-refractivity contribution < 1.29 is 14.3 Å². The van der Waals surface area contributed by atoms with Crippen LogP contribution in [0.4, 0.5) is 5.69 Å². The third kappa shape index (κ3) is 9.10. The molecule has 0 saturated heterocycles. The van der Waals surface area contributed by atoms with Gasteiger partial charge in [-0.15, -0.1) is 24.8 Å². The lowest BCUT2D eigenvalue weighted by Gasteiger charge is -2.26. The molecule has 0 unspecified atom stereocenters. The fraction of sp³-hybridized carbons (Fsp3) is 0.433.